The number of allylic oxidation sites excluding steroid dienone is 6. The van der Waals surface area contributed by atoms with Gasteiger partial charge in [-0.25, -0.2) is 14.4 Å². The summed E-state index contributed by atoms with van der Waals surface area (Å²) in [5.74, 6) is -5.15. The monoisotopic (exact) mass is 444 g/mol. The van der Waals surface area contributed by atoms with Gasteiger partial charge in [-0.3, -0.25) is 0 Å². The quantitative estimate of drug-likeness (QED) is 0.394. The molecule has 2 heterocycles. The van der Waals surface area contributed by atoms with Crippen molar-refractivity contribution in [1.82, 2.24) is 0 Å². The number of esters is 3. The van der Waals surface area contributed by atoms with E-state index in [4.69, 9.17) is 18.9 Å². The van der Waals surface area contributed by atoms with Gasteiger partial charge in [0.1, 0.15) is 11.1 Å². The van der Waals surface area contributed by atoms with Crippen molar-refractivity contribution in [3.05, 3.63) is 58.6 Å². The van der Waals surface area contributed by atoms with Crippen molar-refractivity contribution in [2.75, 3.05) is 0 Å². The number of rotatable bonds is 3. The highest BCUT2D eigenvalue weighted by atomic mass is 16.8. The second-order valence-corrected chi connectivity index (χ2v) is 9.68. The maximum absolute atomic E-state index is 12.2. The molecule has 172 valence electrons. The molecule has 2 aliphatic heterocycles. The maximum Gasteiger partial charge on any atom is 0.348 e. The molecule has 0 bridgehead atoms. The van der Waals surface area contributed by atoms with E-state index in [0.29, 0.717) is 12.8 Å². The molecule has 0 spiro atoms. The Hall–Kier alpha value is -3.29. The average molecular weight is 444 g/mol. The first-order chi connectivity index (χ1) is 14.7. The van der Waals surface area contributed by atoms with Crippen LogP contribution in [0.5, 0.6) is 0 Å². The normalized spacial score (nSPS) is 25.7. The van der Waals surface area contributed by atoms with Crippen LogP contribution in [-0.4, -0.2) is 34.6 Å². The van der Waals surface area contributed by atoms with Gasteiger partial charge in [-0.05, 0) is 41.6 Å². The summed E-state index contributed by atoms with van der Waals surface area (Å²) in [7, 11) is 0. The van der Waals surface area contributed by atoms with E-state index in [1.165, 1.54) is 39.8 Å². The molecule has 1 N–H and O–H groups in total. The largest absolute Gasteiger partial charge is 0.480 e. The van der Waals surface area contributed by atoms with E-state index in [2.05, 4.69) is 13.8 Å². The van der Waals surface area contributed by atoms with Gasteiger partial charge in [0, 0.05) is 27.7 Å². The second kappa shape index (κ2) is 8.00. The third-order valence-corrected chi connectivity index (χ3v) is 4.91. The molecule has 0 aromatic rings. The lowest BCUT2D eigenvalue weighted by atomic mass is 9.75. The predicted molar refractivity (Wildman–Crippen MR) is 114 cm³/mol. The molecule has 1 saturated heterocycles. The fourth-order valence-electron chi connectivity index (χ4n) is 3.71. The summed E-state index contributed by atoms with van der Waals surface area (Å²) in [4.78, 5) is 36.4. The number of carbonyl (C=O) groups is 3. The molecule has 8 heteroatoms. The van der Waals surface area contributed by atoms with Crippen LogP contribution in [0, 0.1) is 5.41 Å². The van der Waals surface area contributed by atoms with Crippen LogP contribution in [0.1, 0.15) is 54.4 Å². The first kappa shape index (κ1) is 23.4. The lowest BCUT2D eigenvalue weighted by Gasteiger charge is -2.31. The number of carbonyl (C=O) groups excluding carboxylic acids is 3. The SMILES string of the molecule is CC1(C)CC(=CC=C2C(=O)OC(C)(C)OC2=O)C=C(C=CC2=C(O)OC(C)(C)OC2=O)C1. The topological polar surface area (TPSA) is 108 Å². The van der Waals surface area contributed by atoms with Crippen LogP contribution >= 0.6 is 0 Å². The molecule has 0 aromatic carbocycles. The van der Waals surface area contributed by atoms with Crippen LogP contribution in [0.3, 0.4) is 0 Å². The Morgan fingerprint density at radius 3 is 1.94 bits per heavy atom. The zero-order valence-electron chi connectivity index (χ0n) is 19.1. The van der Waals surface area contributed by atoms with Crippen molar-refractivity contribution in [1.29, 1.82) is 0 Å². The highest BCUT2D eigenvalue weighted by Gasteiger charge is 2.39. The summed E-state index contributed by atoms with van der Waals surface area (Å²) < 4.78 is 20.6. The third kappa shape index (κ3) is 5.49. The van der Waals surface area contributed by atoms with Crippen LogP contribution in [-0.2, 0) is 33.3 Å². The number of cyclic esters (lactones) is 3. The third-order valence-electron chi connectivity index (χ3n) is 4.91. The van der Waals surface area contributed by atoms with E-state index in [0.717, 1.165) is 11.1 Å². The summed E-state index contributed by atoms with van der Waals surface area (Å²) in [5.41, 5.74) is 1.40. The Labute approximate surface area is 186 Å². The fraction of sp³-hybridized carbons (Fsp3) is 0.458. The molecular weight excluding hydrogens is 416 g/mol. The molecule has 3 aliphatic rings. The zero-order chi connectivity index (χ0) is 23.9. The zero-order valence-corrected chi connectivity index (χ0v) is 19.1. The molecule has 8 nitrogen and oxygen atoms in total. The van der Waals surface area contributed by atoms with Crippen LogP contribution in [0.15, 0.2) is 58.6 Å². The number of hydrogen-bond acceptors (Lipinski definition) is 8. The van der Waals surface area contributed by atoms with E-state index in [9.17, 15) is 19.5 Å². The Bertz CT molecular complexity index is 993. The van der Waals surface area contributed by atoms with Gasteiger partial charge in [0.15, 0.2) is 0 Å². The van der Waals surface area contributed by atoms with Crippen molar-refractivity contribution in [2.45, 2.75) is 66.0 Å². The number of hydrogen-bond donors (Lipinski definition) is 1. The van der Waals surface area contributed by atoms with Gasteiger partial charge in [-0.2, -0.15) is 0 Å². The van der Waals surface area contributed by atoms with Crippen LogP contribution in [0.2, 0.25) is 0 Å². The summed E-state index contributed by atoms with van der Waals surface area (Å²) in [5, 5.41) is 10.1. The van der Waals surface area contributed by atoms with Gasteiger partial charge >= 0.3 is 17.9 Å². The first-order valence-corrected chi connectivity index (χ1v) is 10.3. The van der Waals surface area contributed by atoms with Crippen molar-refractivity contribution in [3.8, 4) is 0 Å². The van der Waals surface area contributed by atoms with Crippen LogP contribution in [0.25, 0.3) is 0 Å². The molecule has 0 saturated carbocycles. The molecule has 0 amide bonds. The second-order valence-electron chi connectivity index (χ2n) is 9.68. The minimum atomic E-state index is -1.29. The van der Waals surface area contributed by atoms with Crippen molar-refractivity contribution in [2.24, 2.45) is 5.41 Å². The van der Waals surface area contributed by atoms with E-state index >= 15 is 0 Å². The highest BCUT2D eigenvalue weighted by molar-refractivity contribution is 6.15. The molecule has 1 aliphatic carbocycles. The average Bonchev–Trinajstić information content (AvgIpc) is 2.56. The molecule has 1 fully saturated rings. The molecule has 0 aromatic heterocycles. The number of aliphatic hydroxyl groups excluding tert-OH is 1. The summed E-state index contributed by atoms with van der Waals surface area (Å²) in [6.07, 6.45) is 9.57. The van der Waals surface area contributed by atoms with Crippen molar-refractivity contribution >= 4 is 17.9 Å². The van der Waals surface area contributed by atoms with E-state index in [1.807, 2.05) is 6.08 Å². The van der Waals surface area contributed by atoms with Gasteiger partial charge in [-0.1, -0.05) is 32.1 Å². The van der Waals surface area contributed by atoms with E-state index < -0.39 is 35.4 Å². The Kier molecular flexibility index (Phi) is 5.84. The first-order valence-electron chi connectivity index (χ1n) is 10.3. The Morgan fingerprint density at radius 2 is 1.34 bits per heavy atom. The predicted octanol–water partition coefficient (Wildman–Crippen LogP) is 4.06. The lowest BCUT2D eigenvalue weighted by Crippen LogP contribution is -2.41. The summed E-state index contributed by atoms with van der Waals surface area (Å²) in [6, 6.07) is 0. The summed E-state index contributed by atoms with van der Waals surface area (Å²) in [6.45, 7) is 10.2. The molecular formula is C24H28O8. The molecule has 0 radical (unpaired) electrons. The van der Waals surface area contributed by atoms with Crippen LogP contribution in [0.4, 0.5) is 0 Å². The Balaban J connectivity index is 1.86. The van der Waals surface area contributed by atoms with Gasteiger partial charge in [0.05, 0.1) is 0 Å². The Morgan fingerprint density at radius 1 is 0.781 bits per heavy atom. The molecule has 32 heavy (non-hydrogen) atoms. The molecule has 0 atom stereocenters. The van der Waals surface area contributed by atoms with E-state index in [1.54, 1.807) is 12.2 Å². The van der Waals surface area contributed by atoms with Gasteiger partial charge in [-0.15, -0.1) is 0 Å². The number of aliphatic hydroxyl groups is 1. The van der Waals surface area contributed by atoms with Crippen LogP contribution < -0.4 is 0 Å². The fourth-order valence-corrected chi connectivity index (χ4v) is 3.71. The van der Waals surface area contributed by atoms with Crippen molar-refractivity contribution in [3.63, 3.8) is 0 Å². The van der Waals surface area contributed by atoms with Gasteiger partial charge in [0.2, 0.25) is 0 Å². The van der Waals surface area contributed by atoms with Gasteiger partial charge < -0.3 is 24.1 Å². The minimum absolute atomic E-state index is 0.0726. The maximum atomic E-state index is 12.2. The van der Waals surface area contributed by atoms with Gasteiger partial charge in [0.25, 0.3) is 17.5 Å². The molecule has 3 rings (SSSR count). The number of ether oxygens (including phenoxy) is 4. The van der Waals surface area contributed by atoms with Crippen molar-refractivity contribution < 1.29 is 38.4 Å². The minimum Gasteiger partial charge on any atom is -0.480 e. The standard InChI is InChI=1S/C24H28O8/c1-22(2)12-14(7-9-16-18(25)29-23(3,4)30-19(16)26)11-15(13-22)8-10-17-20(27)31-24(5,6)32-21(17)28/h7-11,25H,12-13H2,1-6H3. The lowest BCUT2D eigenvalue weighted by molar-refractivity contribution is -0.223. The molecule has 0 unspecified atom stereocenters. The highest BCUT2D eigenvalue weighted by Crippen LogP contribution is 2.39. The smallest absolute Gasteiger partial charge is 0.348 e. The van der Waals surface area contributed by atoms with E-state index in [-0.39, 0.29) is 16.6 Å². The summed E-state index contributed by atoms with van der Waals surface area (Å²) >= 11 is 0.